The molecule has 1 aromatic heterocycles. The van der Waals surface area contributed by atoms with Crippen LogP contribution in [0.3, 0.4) is 0 Å². The summed E-state index contributed by atoms with van der Waals surface area (Å²) in [4.78, 5) is 1.42. The minimum atomic E-state index is 0.650. The number of rotatable bonds is 10. The highest BCUT2D eigenvalue weighted by Gasteiger charge is 2.03. The molecule has 0 aliphatic rings. The fourth-order valence-corrected chi connectivity index (χ4v) is 2.63. The van der Waals surface area contributed by atoms with Gasteiger partial charge in [0.05, 0.1) is 6.61 Å². The second kappa shape index (κ2) is 9.42. The van der Waals surface area contributed by atoms with Crippen molar-refractivity contribution in [3.63, 3.8) is 0 Å². The first kappa shape index (κ1) is 15.9. The summed E-state index contributed by atoms with van der Waals surface area (Å²) in [6, 6.07) is 12.1. The maximum Gasteiger partial charge on any atom is 0.161 e. The Hall–Kier alpha value is -1.52. The Morgan fingerprint density at radius 2 is 1.71 bits per heavy atom. The van der Waals surface area contributed by atoms with Crippen LogP contribution in [0.1, 0.15) is 18.2 Å². The van der Waals surface area contributed by atoms with E-state index in [2.05, 4.69) is 29.8 Å². The zero-order valence-corrected chi connectivity index (χ0v) is 13.3. The summed E-state index contributed by atoms with van der Waals surface area (Å²) in [6.45, 7) is 5.29. The van der Waals surface area contributed by atoms with Gasteiger partial charge in [-0.05, 0) is 36.4 Å². The summed E-state index contributed by atoms with van der Waals surface area (Å²) in [7, 11) is 0. The van der Waals surface area contributed by atoms with Crippen molar-refractivity contribution in [1.29, 1.82) is 0 Å². The molecule has 0 saturated carbocycles. The van der Waals surface area contributed by atoms with Gasteiger partial charge < -0.3 is 14.8 Å². The van der Waals surface area contributed by atoms with E-state index in [1.54, 1.807) is 11.3 Å². The third-order valence-electron chi connectivity index (χ3n) is 2.98. The molecule has 0 radical (unpaired) electrons. The SMILES string of the molecule is CCCOc1ccccc1OCCNCCc1cccs1. The van der Waals surface area contributed by atoms with Gasteiger partial charge in [-0.25, -0.2) is 0 Å². The summed E-state index contributed by atoms with van der Waals surface area (Å²) in [5.74, 6) is 1.66. The monoisotopic (exact) mass is 305 g/mol. The maximum atomic E-state index is 5.79. The van der Waals surface area contributed by atoms with Gasteiger partial charge in [-0.1, -0.05) is 25.1 Å². The lowest BCUT2D eigenvalue weighted by atomic mass is 10.3. The molecule has 0 amide bonds. The van der Waals surface area contributed by atoms with Gasteiger partial charge in [0.25, 0.3) is 0 Å². The molecule has 0 fully saturated rings. The summed E-state index contributed by atoms with van der Waals surface area (Å²) in [5, 5.41) is 5.51. The molecule has 0 aliphatic carbocycles. The average Bonchev–Trinajstić information content (AvgIpc) is 3.03. The first-order valence-corrected chi connectivity index (χ1v) is 8.36. The van der Waals surface area contributed by atoms with Gasteiger partial charge in [-0.2, -0.15) is 0 Å². The molecule has 0 bridgehead atoms. The Morgan fingerprint density at radius 1 is 0.952 bits per heavy atom. The van der Waals surface area contributed by atoms with Crippen molar-refractivity contribution < 1.29 is 9.47 Å². The number of para-hydroxylation sites is 2. The number of hydrogen-bond acceptors (Lipinski definition) is 4. The summed E-state index contributed by atoms with van der Waals surface area (Å²) in [5.41, 5.74) is 0. The zero-order chi connectivity index (χ0) is 14.8. The number of thiophene rings is 1. The Morgan fingerprint density at radius 3 is 2.38 bits per heavy atom. The molecule has 0 unspecified atom stereocenters. The number of ether oxygens (including phenoxy) is 2. The van der Waals surface area contributed by atoms with Gasteiger partial charge in [-0.15, -0.1) is 11.3 Å². The van der Waals surface area contributed by atoms with E-state index >= 15 is 0 Å². The molecule has 1 N–H and O–H groups in total. The van der Waals surface area contributed by atoms with Crippen molar-refractivity contribution in [2.45, 2.75) is 19.8 Å². The first-order valence-electron chi connectivity index (χ1n) is 7.48. The molecule has 0 aliphatic heterocycles. The minimum absolute atomic E-state index is 0.650. The van der Waals surface area contributed by atoms with E-state index in [0.717, 1.165) is 44.0 Å². The molecular formula is C17H23NO2S. The predicted octanol–water partition coefficient (Wildman–Crippen LogP) is 3.75. The van der Waals surface area contributed by atoms with Crippen molar-refractivity contribution in [2.75, 3.05) is 26.3 Å². The largest absolute Gasteiger partial charge is 0.490 e. The van der Waals surface area contributed by atoms with Gasteiger partial charge in [0.2, 0.25) is 0 Å². The van der Waals surface area contributed by atoms with Crippen LogP contribution in [0.2, 0.25) is 0 Å². The molecule has 1 aromatic carbocycles. The predicted molar refractivity (Wildman–Crippen MR) is 88.6 cm³/mol. The van der Waals surface area contributed by atoms with Crippen molar-refractivity contribution in [1.82, 2.24) is 5.32 Å². The van der Waals surface area contributed by atoms with E-state index in [1.807, 2.05) is 24.3 Å². The lowest BCUT2D eigenvalue weighted by molar-refractivity contribution is 0.268. The van der Waals surface area contributed by atoms with Crippen LogP contribution in [0.4, 0.5) is 0 Å². The quantitative estimate of drug-likeness (QED) is 0.678. The summed E-state index contributed by atoms with van der Waals surface area (Å²) < 4.78 is 11.5. The Balaban J connectivity index is 1.64. The average molecular weight is 305 g/mol. The number of nitrogens with one attached hydrogen (secondary N) is 1. The molecule has 2 rings (SSSR count). The lowest BCUT2D eigenvalue weighted by Gasteiger charge is -2.12. The van der Waals surface area contributed by atoms with Crippen LogP contribution >= 0.6 is 11.3 Å². The van der Waals surface area contributed by atoms with E-state index in [9.17, 15) is 0 Å². The van der Waals surface area contributed by atoms with Crippen molar-refractivity contribution in [2.24, 2.45) is 0 Å². The lowest BCUT2D eigenvalue weighted by Crippen LogP contribution is -2.23. The van der Waals surface area contributed by atoms with Crippen LogP contribution in [0.5, 0.6) is 11.5 Å². The second-order valence-electron chi connectivity index (χ2n) is 4.72. The Bertz CT molecular complexity index is 499. The Kier molecular flexibility index (Phi) is 7.12. The van der Waals surface area contributed by atoms with E-state index < -0.39 is 0 Å². The molecule has 0 saturated heterocycles. The third-order valence-corrected chi connectivity index (χ3v) is 3.91. The van der Waals surface area contributed by atoms with Crippen LogP contribution in [-0.2, 0) is 6.42 Å². The standard InChI is InChI=1S/C17H23NO2S/c1-2-12-19-16-7-3-4-8-17(16)20-13-11-18-10-9-15-6-5-14-21-15/h3-8,14,18H,2,9-13H2,1H3. The van der Waals surface area contributed by atoms with Gasteiger partial charge in [0.1, 0.15) is 6.61 Å². The van der Waals surface area contributed by atoms with E-state index in [0.29, 0.717) is 6.61 Å². The number of benzene rings is 1. The van der Waals surface area contributed by atoms with Crippen molar-refractivity contribution >= 4 is 11.3 Å². The van der Waals surface area contributed by atoms with Crippen LogP contribution in [-0.4, -0.2) is 26.3 Å². The highest BCUT2D eigenvalue weighted by atomic mass is 32.1. The highest BCUT2D eigenvalue weighted by molar-refractivity contribution is 7.09. The fraction of sp³-hybridized carbons (Fsp3) is 0.412. The van der Waals surface area contributed by atoms with Gasteiger partial charge >= 0.3 is 0 Å². The smallest absolute Gasteiger partial charge is 0.161 e. The number of hydrogen-bond donors (Lipinski definition) is 1. The Labute approximate surface area is 130 Å². The molecule has 114 valence electrons. The molecule has 21 heavy (non-hydrogen) atoms. The maximum absolute atomic E-state index is 5.79. The zero-order valence-electron chi connectivity index (χ0n) is 12.5. The van der Waals surface area contributed by atoms with Crippen LogP contribution in [0, 0.1) is 0 Å². The van der Waals surface area contributed by atoms with Gasteiger partial charge in [-0.3, -0.25) is 0 Å². The van der Waals surface area contributed by atoms with Crippen LogP contribution in [0.15, 0.2) is 41.8 Å². The molecule has 2 aromatic rings. The highest BCUT2D eigenvalue weighted by Crippen LogP contribution is 2.26. The first-order chi connectivity index (χ1) is 10.4. The molecule has 0 atom stereocenters. The van der Waals surface area contributed by atoms with Crippen LogP contribution < -0.4 is 14.8 Å². The fourth-order valence-electron chi connectivity index (χ4n) is 1.93. The second-order valence-corrected chi connectivity index (χ2v) is 5.76. The molecule has 4 heteroatoms. The summed E-state index contributed by atoms with van der Waals surface area (Å²) >= 11 is 1.81. The van der Waals surface area contributed by atoms with E-state index in [4.69, 9.17) is 9.47 Å². The van der Waals surface area contributed by atoms with E-state index in [1.165, 1.54) is 4.88 Å². The normalized spacial score (nSPS) is 10.5. The van der Waals surface area contributed by atoms with E-state index in [-0.39, 0.29) is 0 Å². The minimum Gasteiger partial charge on any atom is -0.490 e. The molecule has 1 heterocycles. The molecular weight excluding hydrogens is 282 g/mol. The van der Waals surface area contributed by atoms with Crippen molar-refractivity contribution in [3.05, 3.63) is 46.7 Å². The third kappa shape index (κ3) is 5.78. The van der Waals surface area contributed by atoms with Gasteiger partial charge in [0.15, 0.2) is 11.5 Å². The molecule has 0 spiro atoms. The van der Waals surface area contributed by atoms with Crippen molar-refractivity contribution in [3.8, 4) is 11.5 Å². The van der Waals surface area contributed by atoms with Crippen LogP contribution in [0.25, 0.3) is 0 Å². The molecule has 3 nitrogen and oxygen atoms in total. The topological polar surface area (TPSA) is 30.5 Å². The summed E-state index contributed by atoms with van der Waals surface area (Å²) in [6.07, 6.45) is 2.08. The van der Waals surface area contributed by atoms with Gasteiger partial charge in [0, 0.05) is 18.0 Å².